The summed E-state index contributed by atoms with van der Waals surface area (Å²) >= 11 is 0. The van der Waals surface area contributed by atoms with Crippen LogP contribution in [-0.2, 0) is 0 Å². The molecule has 0 aliphatic carbocycles. The standard InChI is InChI=1S/C15H25NO2/c1-3-10-16-13(2)14-8-4-5-9-15(14)18-12-7-6-11-17/h4-5,8-9,13,16-17H,3,6-7,10-12H2,1-2H3. The number of para-hydroxylation sites is 1. The van der Waals surface area contributed by atoms with E-state index in [4.69, 9.17) is 9.84 Å². The number of hydrogen-bond donors (Lipinski definition) is 2. The van der Waals surface area contributed by atoms with Gasteiger partial charge in [0.1, 0.15) is 5.75 Å². The van der Waals surface area contributed by atoms with E-state index in [2.05, 4.69) is 25.2 Å². The molecule has 1 atom stereocenters. The fourth-order valence-electron chi connectivity index (χ4n) is 1.84. The Bertz CT molecular complexity index is 328. The van der Waals surface area contributed by atoms with Gasteiger partial charge in [-0.15, -0.1) is 0 Å². The molecule has 1 aromatic carbocycles. The number of nitrogens with one attached hydrogen (secondary N) is 1. The molecule has 0 heterocycles. The zero-order valence-electron chi connectivity index (χ0n) is 11.5. The van der Waals surface area contributed by atoms with Gasteiger partial charge in [-0.05, 0) is 38.8 Å². The van der Waals surface area contributed by atoms with E-state index in [1.54, 1.807) is 0 Å². The lowest BCUT2D eigenvalue weighted by Gasteiger charge is -2.18. The van der Waals surface area contributed by atoms with E-state index < -0.39 is 0 Å². The third-order valence-electron chi connectivity index (χ3n) is 2.90. The fraction of sp³-hybridized carbons (Fsp3) is 0.600. The van der Waals surface area contributed by atoms with Gasteiger partial charge < -0.3 is 15.2 Å². The molecule has 0 saturated heterocycles. The molecule has 0 fully saturated rings. The Kier molecular flexibility index (Phi) is 7.46. The van der Waals surface area contributed by atoms with Crippen LogP contribution in [0.3, 0.4) is 0 Å². The van der Waals surface area contributed by atoms with E-state index >= 15 is 0 Å². The zero-order valence-corrected chi connectivity index (χ0v) is 11.5. The highest BCUT2D eigenvalue weighted by atomic mass is 16.5. The molecule has 3 heteroatoms. The first-order chi connectivity index (χ1) is 8.79. The van der Waals surface area contributed by atoms with Crippen molar-refractivity contribution in [2.75, 3.05) is 19.8 Å². The quantitative estimate of drug-likeness (QED) is 0.663. The highest BCUT2D eigenvalue weighted by molar-refractivity contribution is 5.35. The average molecular weight is 251 g/mol. The van der Waals surface area contributed by atoms with Gasteiger partial charge in [0, 0.05) is 18.2 Å². The molecule has 0 spiro atoms. The van der Waals surface area contributed by atoms with E-state index in [1.807, 2.05) is 18.2 Å². The molecule has 0 aliphatic heterocycles. The smallest absolute Gasteiger partial charge is 0.124 e. The Morgan fingerprint density at radius 3 is 2.78 bits per heavy atom. The molecule has 0 bridgehead atoms. The summed E-state index contributed by atoms with van der Waals surface area (Å²) in [4.78, 5) is 0. The van der Waals surface area contributed by atoms with Crippen molar-refractivity contribution in [3.8, 4) is 5.75 Å². The average Bonchev–Trinajstić information content (AvgIpc) is 2.41. The molecule has 2 N–H and O–H groups in total. The third-order valence-corrected chi connectivity index (χ3v) is 2.90. The van der Waals surface area contributed by atoms with Gasteiger partial charge in [-0.1, -0.05) is 25.1 Å². The van der Waals surface area contributed by atoms with Crippen molar-refractivity contribution in [3.63, 3.8) is 0 Å². The van der Waals surface area contributed by atoms with Gasteiger partial charge in [-0.3, -0.25) is 0 Å². The van der Waals surface area contributed by atoms with Crippen LogP contribution in [0.25, 0.3) is 0 Å². The molecule has 1 rings (SSSR count). The summed E-state index contributed by atoms with van der Waals surface area (Å²) in [6.45, 7) is 6.24. The number of ether oxygens (including phenoxy) is 1. The first-order valence-electron chi connectivity index (χ1n) is 6.85. The number of hydrogen-bond acceptors (Lipinski definition) is 3. The van der Waals surface area contributed by atoms with Crippen LogP contribution >= 0.6 is 0 Å². The second kappa shape index (κ2) is 8.95. The maximum atomic E-state index is 8.74. The second-order valence-corrected chi connectivity index (χ2v) is 4.49. The summed E-state index contributed by atoms with van der Waals surface area (Å²) in [6.07, 6.45) is 2.82. The molecule has 0 aromatic heterocycles. The van der Waals surface area contributed by atoms with Crippen LogP contribution in [0.2, 0.25) is 0 Å². The molecule has 0 saturated carbocycles. The van der Waals surface area contributed by atoms with Gasteiger partial charge >= 0.3 is 0 Å². The van der Waals surface area contributed by atoms with Gasteiger partial charge in [0.15, 0.2) is 0 Å². The first kappa shape index (κ1) is 15.0. The summed E-state index contributed by atoms with van der Waals surface area (Å²) in [5.41, 5.74) is 1.20. The SMILES string of the molecule is CCCNC(C)c1ccccc1OCCCCO. The fourth-order valence-corrected chi connectivity index (χ4v) is 1.84. The Hall–Kier alpha value is -1.06. The van der Waals surface area contributed by atoms with Crippen molar-refractivity contribution in [2.45, 2.75) is 39.2 Å². The van der Waals surface area contributed by atoms with E-state index in [9.17, 15) is 0 Å². The summed E-state index contributed by atoms with van der Waals surface area (Å²) in [5, 5.41) is 12.2. The van der Waals surface area contributed by atoms with Crippen molar-refractivity contribution >= 4 is 0 Å². The van der Waals surface area contributed by atoms with E-state index in [0.29, 0.717) is 12.6 Å². The van der Waals surface area contributed by atoms with Gasteiger partial charge in [0.05, 0.1) is 6.61 Å². The van der Waals surface area contributed by atoms with Crippen LogP contribution in [-0.4, -0.2) is 24.9 Å². The first-order valence-corrected chi connectivity index (χ1v) is 6.85. The largest absolute Gasteiger partial charge is 0.493 e. The van der Waals surface area contributed by atoms with Crippen molar-refractivity contribution < 1.29 is 9.84 Å². The second-order valence-electron chi connectivity index (χ2n) is 4.49. The Balaban J connectivity index is 2.55. The van der Waals surface area contributed by atoms with Gasteiger partial charge in [-0.2, -0.15) is 0 Å². The summed E-state index contributed by atoms with van der Waals surface area (Å²) in [6, 6.07) is 8.46. The lowest BCUT2D eigenvalue weighted by atomic mass is 10.1. The topological polar surface area (TPSA) is 41.5 Å². The maximum absolute atomic E-state index is 8.74. The Morgan fingerprint density at radius 2 is 2.06 bits per heavy atom. The summed E-state index contributed by atoms with van der Waals surface area (Å²) < 4.78 is 5.79. The molecule has 0 radical (unpaired) electrons. The van der Waals surface area contributed by atoms with Crippen molar-refractivity contribution in [1.82, 2.24) is 5.32 Å². The minimum atomic E-state index is 0.236. The number of unbranched alkanes of at least 4 members (excludes halogenated alkanes) is 1. The molecule has 18 heavy (non-hydrogen) atoms. The third kappa shape index (κ3) is 5.07. The molecule has 3 nitrogen and oxygen atoms in total. The van der Waals surface area contributed by atoms with Crippen LogP contribution in [0.4, 0.5) is 0 Å². The predicted molar refractivity (Wildman–Crippen MR) is 75.0 cm³/mol. The molecule has 0 aliphatic rings. The van der Waals surface area contributed by atoms with E-state index in [-0.39, 0.29) is 6.61 Å². The van der Waals surface area contributed by atoms with E-state index in [0.717, 1.165) is 31.6 Å². The number of aliphatic hydroxyl groups excluding tert-OH is 1. The van der Waals surface area contributed by atoms with E-state index in [1.165, 1.54) is 5.56 Å². The minimum absolute atomic E-state index is 0.236. The Morgan fingerprint density at radius 1 is 1.28 bits per heavy atom. The van der Waals surface area contributed by atoms with Gasteiger partial charge in [0.25, 0.3) is 0 Å². The highest BCUT2D eigenvalue weighted by Crippen LogP contribution is 2.24. The van der Waals surface area contributed by atoms with Crippen LogP contribution < -0.4 is 10.1 Å². The molecular formula is C15H25NO2. The summed E-state index contributed by atoms with van der Waals surface area (Å²) in [5.74, 6) is 0.951. The lowest BCUT2D eigenvalue weighted by Crippen LogP contribution is -2.20. The van der Waals surface area contributed by atoms with Gasteiger partial charge in [0.2, 0.25) is 0 Å². The molecule has 102 valence electrons. The maximum Gasteiger partial charge on any atom is 0.124 e. The molecule has 1 unspecified atom stereocenters. The zero-order chi connectivity index (χ0) is 13.2. The monoisotopic (exact) mass is 251 g/mol. The van der Waals surface area contributed by atoms with Crippen LogP contribution in [0.5, 0.6) is 5.75 Å². The van der Waals surface area contributed by atoms with Crippen LogP contribution in [0.15, 0.2) is 24.3 Å². The number of rotatable bonds is 9. The number of aliphatic hydroxyl groups is 1. The van der Waals surface area contributed by atoms with Crippen molar-refractivity contribution in [2.24, 2.45) is 0 Å². The molecular weight excluding hydrogens is 226 g/mol. The lowest BCUT2D eigenvalue weighted by molar-refractivity contribution is 0.251. The molecule has 1 aromatic rings. The van der Waals surface area contributed by atoms with Crippen LogP contribution in [0.1, 0.15) is 44.7 Å². The summed E-state index contributed by atoms with van der Waals surface area (Å²) in [7, 11) is 0. The van der Waals surface area contributed by atoms with Gasteiger partial charge in [-0.25, -0.2) is 0 Å². The Labute approximate surface area is 110 Å². The van der Waals surface area contributed by atoms with Crippen LogP contribution in [0, 0.1) is 0 Å². The van der Waals surface area contributed by atoms with Crippen molar-refractivity contribution in [3.05, 3.63) is 29.8 Å². The minimum Gasteiger partial charge on any atom is -0.493 e. The van der Waals surface area contributed by atoms with Crippen molar-refractivity contribution in [1.29, 1.82) is 0 Å². The molecule has 0 amide bonds. The highest BCUT2D eigenvalue weighted by Gasteiger charge is 2.09. The normalized spacial score (nSPS) is 12.4. The number of benzene rings is 1. The predicted octanol–water partition coefficient (Wildman–Crippen LogP) is 2.90.